The van der Waals surface area contributed by atoms with Crippen LogP contribution >= 0.6 is 0 Å². The minimum Gasteiger partial charge on any atom is -0.497 e. The van der Waals surface area contributed by atoms with Crippen molar-refractivity contribution in [3.05, 3.63) is 65.6 Å². The van der Waals surface area contributed by atoms with Crippen LogP contribution < -0.4 is 14.5 Å². The molecular weight excluding hydrogens is 438 g/mol. The Morgan fingerprint density at radius 1 is 0.829 bits per heavy atom. The Bertz CT molecular complexity index is 1160. The molecule has 0 bridgehead atoms. The number of hydrogen-bond donors (Lipinski definition) is 0. The summed E-state index contributed by atoms with van der Waals surface area (Å²) in [5.41, 5.74) is 4.97. The molecule has 35 heavy (non-hydrogen) atoms. The topological polar surface area (TPSA) is 53.8 Å². The number of pyridine rings is 1. The number of carbonyl (C=O) groups is 1. The average molecular weight is 474 g/mol. The van der Waals surface area contributed by atoms with E-state index in [-0.39, 0.29) is 5.91 Å². The SMILES string of the molecule is COc1ccc(N2CCN(C(=O)c3cc(C)n(-c4ccc(N5CCCCC5)nc4)c3C)CC2)cc1. The van der Waals surface area contributed by atoms with Crippen LogP contribution in [0.5, 0.6) is 5.75 Å². The lowest BCUT2D eigenvalue weighted by molar-refractivity contribution is 0.0746. The van der Waals surface area contributed by atoms with Crippen LogP contribution in [0.4, 0.5) is 11.5 Å². The van der Waals surface area contributed by atoms with Crippen molar-refractivity contribution in [2.75, 3.05) is 56.2 Å². The monoisotopic (exact) mass is 473 g/mol. The number of rotatable bonds is 5. The smallest absolute Gasteiger partial charge is 0.255 e. The maximum atomic E-state index is 13.5. The van der Waals surface area contributed by atoms with E-state index in [0.717, 1.165) is 66.1 Å². The number of piperidine rings is 1. The Morgan fingerprint density at radius 3 is 2.14 bits per heavy atom. The molecule has 2 fully saturated rings. The van der Waals surface area contributed by atoms with Crippen molar-refractivity contribution >= 4 is 17.4 Å². The molecule has 0 N–H and O–H groups in total. The molecule has 0 spiro atoms. The van der Waals surface area contributed by atoms with Gasteiger partial charge in [-0.25, -0.2) is 4.98 Å². The largest absolute Gasteiger partial charge is 0.497 e. The van der Waals surface area contributed by atoms with Gasteiger partial charge in [0.25, 0.3) is 5.91 Å². The molecule has 2 aliphatic rings. The van der Waals surface area contributed by atoms with Gasteiger partial charge < -0.3 is 24.0 Å². The fraction of sp³-hybridized carbons (Fsp3) is 0.429. The molecule has 2 aliphatic heterocycles. The summed E-state index contributed by atoms with van der Waals surface area (Å²) in [6, 6.07) is 14.4. The quantitative estimate of drug-likeness (QED) is 0.548. The summed E-state index contributed by atoms with van der Waals surface area (Å²) >= 11 is 0. The van der Waals surface area contributed by atoms with Gasteiger partial charge in [-0.3, -0.25) is 4.79 Å². The summed E-state index contributed by atoms with van der Waals surface area (Å²) in [5, 5.41) is 0. The number of benzene rings is 1. The summed E-state index contributed by atoms with van der Waals surface area (Å²) in [4.78, 5) is 24.9. The Labute approximate surface area is 207 Å². The number of piperazine rings is 1. The zero-order valence-corrected chi connectivity index (χ0v) is 21.0. The molecule has 0 atom stereocenters. The lowest BCUT2D eigenvalue weighted by Gasteiger charge is -2.36. The minimum absolute atomic E-state index is 0.108. The minimum atomic E-state index is 0.108. The van der Waals surface area contributed by atoms with Crippen LogP contribution in [0.15, 0.2) is 48.7 Å². The van der Waals surface area contributed by atoms with Crippen LogP contribution in [0.3, 0.4) is 0 Å². The van der Waals surface area contributed by atoms with E-state index in [1.165, 1.54) is 19.3 Å². The first-order valence-electron chi connectivity index (χ1n) is 12.6. The zero-order chi connectivity index (χ0) is 24.4. The molecule has 1 amide bonds. The van der Waals surface area contributed by atoms with E-state index in [2.05, 4.69) is 45.6 Å². The molecule has 2 aromatic heterocycles. The summed E-state index contributed by atoms with van der Waals surface area (Å²) in [7, 11) is 1.68. The number of amides is 1. The van der Waals surface area contributed by atoms with E-state index in [4.69, 9.17) is 9.72 Å². The predicted molar refractivity (Wildman–Crippen MR) is 140 cm³/mol. The second kappa shape index (κ2) is 10.0. The Morgan fingerprint density at radius 2 is 1.51 bits per heavy atom. The molecule has 5 rings (SSSR count). The maximum absolute atomic E-state index is 13.5. The van der Waals surface area contributed by atoms with E-state index in [9.17, 15) is 4.79 Å². The van der Waals surface area contributed by atoms with Crippen LogP contribution in [0.25, 0.3) is 5.69 Å². The molecule has 184 valence electrons. The number of aryl methyl sites for hydroxylation is 1. The third-order valence-electron chi connectivity index (χ3n) is 7.34. The van der Waals surface area contributed by atoms with Crippen molar-refractivity contribution in [2.45, 2.75) is 33.1 Å². The highest BCUT2D eigenvalue weighted by Crippen LogP contribution is 2.25. The predicted octanol–water partition coefficient (Wildman–Crippen LogP) is 4.45. The lowest BCUT2D eigenvalue weighted by atomic mass is 10.1. The van der Waals surface area contributed by atoms with E-state index < -0.39 is 0 Å². The molecule has 0 unspecified atom stereocenters. The Kier molecular flexibility index (Phi) is 6.66. The van der Waals surface area contributed by atoms with E-state index in [1.807, 2.05) is 36.2 Å². The molecule has 2 saturated heterocycles. The summed E-state index contributed by atoms with van der Waals surface area (Å²) < 4.78 is 7.41. The van der Waals surface area contributed by atoms with Crippen LogP contribution in [-0.2, 0) is 0 Å². The third kappa shape index (κ3) is 4.72. The molecule has 7 heteroatoms. The van der Waals surface area contributed by atoms with Crippen molar-refractivity contribution in [1.82, 2.24) is 14.5 Å². The second-order valence-corrected chi connectivity index (χ2v) is 9.52. The molecule has 0 radical (unpaired) electrons. The Balaban J connectivity index is 1.27. The number of anilines is 2. The van der Waals surface area contributed by atoms with Crippen molar-refractivity contribution in [3.63, 3.8) is 0 Å². The van der Waals surface area contributed by atoms with E-state index in [1.54, 1.807) is 7.11 Å². The highest BCUT2D eigenvalue weighted by atomic mass is 16.5. The first-order chi connectivity index (χ1) is 17.0. The van der Waals surface area contributed by atoms with Gasteiger partial charge in [-0.1, -0.05) is 0 Å². The summed E-state index contributed by atoms with van der Waals surface area (Å²) in [6.07, 6.45) is 5.72. The van der Waals surface area contributed by atoms with Gasteiger partial charge in [0, 0.05) is 56.3 Å². The van der Waals surface area contributed by atoms with Crippen molar-refractivity contribution in [1.29, 1.82) is 0 Å². The molecular formula is C28H35N5O2. The van der Waals surface area contributed by atoms with E-state index >= 15 is 0 Å². The molecule has 0 aliphatic carbocycles. The van der Waals surface area contributed by atoms with Gasteiger partial charge in [-0.15, -0.1) is 0 Å². The first kappa shape index (κ1) is 23.3. The van der Waals surface area contributed by atoms with Crippen molar-refractivity contribution in [2.24, 2.45) is 0 Å². The van der Waals surface area contributed by atoms with Gasteiger partial charge in [0.2, 0.25) is 0 Å². The van der Waals surface area contributed by atoms with Gasteiger partial charge in [0.05, 0.1) is 24.6 Å². The van der Waals surface area contributed by atoms with Gasteiger partial charge in [0.15, 0.2) is 0 Å². The molecule has 4 heterocycles. The van der Waals surface area contributed by atoms with Crippen molar-refractivity contribution in [3.8, 4) is 11.4 Å². The third-order valence-corrected chi connectivity index (χ3v) is 7.34. The van der Waals surface area contributed by atoms with Crippen LogP contribution in [-0.4, -0.2) is 66.7 Å². The fourth-order valence-electron chi connectivity index (χ4n) is 5.33. The molecule has 3 aromatic rings. The number of ether oxygens (including phenoxy) is 1. The van der Waals surface area contributed by atoms with E-state index in [0.29, 0.717) is 13.1 Å². The second-order valence-electron chi connectivity index (χ2n) is 9.52. The van der Waals surface area contributed by atoms with Gasteiger partial charge in [0.1, 0.15) is 11.6 Å². The number of methoxy groups -OCH3 is 1. The van der Waals surface area contributed by atoms with Gasteiger partial charge in [-0.2, -0.15) is 0 Å². The van der Waals surface area contributed by atoms with Gasteiger partial charge in [-0.05, 0) is 75.6 Å². The molecule has 7 nitrogen and oxygen atoms in total. The zero-order valence-electron chi connectivity index (χ0n) is 21.0. The number of nitrogens with zero attached hydrogens (tertiary/aromatic N) is 5. The molecule has 0 saturated carbocycles. The molecule has 1 aromatic carbocycles. The van der Waals surface area contributed by atoms with Crippen LogP contribution in [0.1, 0.15) is 41.0 Å². The van der Waals surface area contributed by atoms with Crippen molar-refractivity contribution < 1.29 is 9.53 Å². The number of carbonyl (C=O) groups excluding carboxylic acids is 1. The van der Waals surface area contributed by atoms with Crippen LogP contribution in [0, 0.1) is 13.8 Å². The highest BCUT2D eigenvalue weighted by Gasteiger charge is 2.26. The Hall–Kier alpha value is -3.48. The highest BCUT2D eigenvalue weighted by molar-refractivity contribution is 5.96. The standard InChI is InChI=1S/C28H35N5O2/c1-21-19-26(22(2)33(21)24-9-12-27(29-20-24)31-13-5-4-6-14-31)28(34)32-17-15-30(16-18-32)23-7-10-25(35-3)11-8-23/h7-12,19-20H,4-6,13-18H2,1-3H3. The summed E-state index contributed by atoms with van der Waals surface area (Å²) in [6.45, 7) is 9.31. The number of aromatic nitrogens is 2. The van der Waals surface area contributed by atoms with Crippen LogP contribution in [0.2, 0.25) is 0 Å². The fourth-order valence-corrected chi connectivity index (χ4v) is 5.33. The first-order valence-corrected chi connectivity index (χ1v) is 12.6. The summed E-state index contributed by atoms with van der Waals surface area (Å²) in [5.74, 6) is 2.01. The van der Waals surface area contributed by atoms with Gasteiger partial charge >= 0.3 is 0 Å². The number of hydrogen-bond acceptors (Lipinski definition) is 5. The normalized spacial score (nSPS) is 16.5. The average Bonchev–Trinajstić information content (AvgIpc) is 3.22. The maximum Gasteiger partial charge on any atom is 0.255 e. The lowest BCUT2D eigenvalue weighted by Crippen LogP contribution is -2.48.